The molecule has 2 atom stereocenters. The average Bonchev–Trinajstić information content (AvgIpc) is 3.10. The zero-order chi connectivity index (χ0) is 20.1. The summed E-state index contributed by atoms with van der Waals surface area (Å²) in [6.07, 6.45) is 2.69. The van der Waals surface area contributed by atoms with Crippen molar-refractivity contribution in [3.05, 3.63) is 35.4 Å². The number of hydrogen-bond donors (Lipinski definition) is 0. The molecular formula is C22H30N2O4. The van der Waals surface area contributed by atoms with Crippen molar-refractivity contribution in [3.8, 4) is 0 Å². The molecule has 1 fully saturated rings. The summed E-state index contributed by atoms with van der Waals surface area (Å²) in [6.45, 7) is 7.56. The molecule has 2 heterocycles. The smallest absolute Gasteiger partial charge is 0.313 e. The van der Waals surface area contributed by atoms with Gasteiger partial charge in [0.05, 0.1) is 24.3 Å². The topological polar surface area (TPSA) is 68.2 Å². The van der Waals surface area contributed by atoms with Crippen molar-refractivity contribution in [2.45, 2.75) is 52.6 Å². The number of aryl methyl sites for hydroxylation is 1. The number of ether oxygens (including phenoxy) is 1. The van der Waals surface area contributed by atoms with Crippen molar-refractivity contribution >= 4 is 17.5 Å². The molecule has 0 spiro atoms. The molecular weight excluding hydrogens is 356 g/mol. The van der Waals surface area contributed by atoms with E-state index in [4.69, 9.17) is 9.57 Å². The molecule has 1 aromatic carbocycles. The van der Waals surface area contributed by atoms with Gasteiger partial charge in [0.25, 0.3) is 0 Å². The highest BCUT2D eigenvalue weighted by Gasteiger charge is 2.46. The number of esters is 1. The van der Waals surface area contributed by atoms with E-state index >= 15 is 0 Å². The quantitative estimate of drug-likeness (QED) is 0.674. The van der Waals surface area contributed by atoms with E-state index in [0.717, 1.165) is 36.2 Å². The Hall–Kier alpha value is -2.21. The first kappa shape index (κ1) is 20.5. The molecule has 28 heavy (non-hydrogen) atoms. The normalized spacial score (nSPS) is 25.1. The minimum atomic E-state index is -0.648. The van der Waals surface area contributed by atoms with Gasteiger partial charge in [0.15, 0.2) is 0 Å². The Morgan fingerprint density at radius 1 is 1.36 bits per heavy atom. The summed E-state index contributed by atoms with van der Waals surface area (Å²) in [5.74, 6) is -0.0712. The fourth-order valence-electron chi connectivity index (χ4n) is 4.41. The summed E-state index contributed by atoms with van der Waals surface area (Å²) < 4.78 is 5.44. The van der Waals surface area contributed by atoms with Crippen molar-refractivity contribution in [2.24, 2.45) is 10.6 Å². The molecule has 152 valence electrons. The molecule has 1 aromatic rings. The second-order valence-electron chi connectivity index (χ2n) is 8.01. The van der Waals surface area contributed by atoms with E-state index in [1.165, 1.54) is 0 Å². The van der Waals surface area contributed by atoms with Crippen LogP contribution in [0.4, 0.5) is 0 Å². The summed E-state index contributed by atoms with van der Waals surface area (Å²) in [7, 11) is 0. The van der Waals surface area contributed by atoms with Crippen LogP contribution in [-0.2, 0) is 19.2 Å². The largest absolute Gasteiger partial charge is 0.466 e. The van der Waals surface area contributed by atoms with Gasteiger partial charge in [0.2, 0.25) is 0 Å². The second-order valence-corrected chi connectivity index (χ2v) is 8.01. The molecule has 0 aliphatic carbocycles. The lowest BCUT2D eigenvalue weighted by Crippen LogP contribution is -2.51. The lowest BCUT2D eigenvalue weighted by Gasteiger charge is -2.41. The number of nitrogens with zero attached hydrogens (tertiary/aromatic N) is 2. The third-order valence-electron chi connectivity index (χ3n) is 5.62. The molecule has 1 saturated heterocycles. The first-order valence-corrected chi connectivity index (χ1v) is 10.1. The van der Waals surface area contributed by atoms with E-state index in [1.807, 2.05) is 19.1 Å². The van der Waals surface area contributed by atoms with Crippen LogP contribution in [0, 0.1) is 12.3 Å². The highest BCUT2D eigenvalue weighted by molar-refractivity contribution is 6.02. The van der Waals surface area contributed by atoms with Gasteiger partial charge in [-0.1, -0.05) is 29.4 Å². The number of hydrogen-bond acceptors (Lipinski definition) is 6. The molecule has 3 rings (SSSR count). The third kappa shape index (κ3) is 4.61. The summed E-state index contributed by atoms with van der Waals surface area (Å²) in [4.78, 5) is 32.3. The molecule has 2 aliphatic rings. The van der Waals surface area contributed by atoms with Crippen LogP contribution in [-0.4, -0.2) is 54.7 Å². The van der Waals surface area contributed by atoms with Crippen LogP contribution in [0.15, 0.2) is 29.4 Å². The summed E-state index contributed by atoms with van der Waals surface area (Å²) >= 11 is 0. The van der Waals surface area contributed by atoms with Gasteiger partial charge in [-0.05, 0) is 45.7 Å². The van der Waals surface area contributed by atoms with Gasteiger partial charge < -0.3 is 9.57 Å². The van der Waals surface area contributed by atoms with Gasteiger partial charge in [0.1, 0.15) is 11.9 Å². The molecule has 0 aromatic heterocycles. The monoisotopic (exact) mass is 386 g/mol. The Labute approximate surface area is 166 Å². The van der Waals surface area contributed by atoms with Gasteiger partial charge in [0, 0.05) is 24.9 Å². The van der Waals surface area contributed by atoms with E-state index in [9.17, 15) is 9.59 Å². The highest BCUT2D eigenvalue weighted by Crippen LogP contribution is 2.39. The first-order chi connectivity index (χ1) is 13.4. The van der Waals surface area contributed by atoms with Crippen molar-refractivity contribution in [1.29, 1.82) is 0 Å². The van der Waals surface area contributed by atoms with E-state index < -0.39 is 5.41 Å². The molecule has 0 radical (unpaired) electrons. The third-order valence-corrected chi connectivity index (χ3v) is 5.62. The maximum Gasteiger partial charge on any atom is 0.313 e. The number of carbonyl (C=O) groups is 2. The second kappa shape index (κ2) is 8.86. The number of oxime groups is 1. The van der Waals surface area contributed by atoms with E-state index in [1.54, 1.807) is 6.92 Å². The predicted molar refractivity (Wildman–Crippen MR) is 107 cm³/mol. The fourth-order valence-corrected chi connectivity index (χ4v) is 4.41. The fraction of sp³-hybridized carbons (Fsp3) is 0.591. The molecule has 0 N–H and O–H groups in total. The van der Waals surface area contributed by atoms with Crippen LogP contribution in [0.25, 0.3) is 0 Å². The highest BCUT2D eigenvalue weighted by atomic mass is 16.6. The van der Waals surface area contributed by atoms with Crippen molar-refractivity contribution < 1.29 is 19.2 Å². The molecule has 6 nitrogen and oxygen atoms in total. The van der Waals surface area contributed by atoms with Gasteiger partial charge in [-0.25, -0.2) is 0 Å². The average molecular weight is 386 g/mol. The van der Waals surface area contributed by atoms with Gasteiger partial charge in [-0.15, -0.1) is 0 Å². The number of rotatable bonds is 7. The minimum absolute atomic E-state index is 0.113. The first-order valence-electron chi connectivity index (χ1n) is 10.1. The van der Waals surface area contributed by atoms with Crippen LogP contribution in [0.1, 0.15) is 50.7 Å². The van der Waals surface area contributed by atoms with Crippen LogP contribution < -0.4 is 0 Å². The summed E-state index contributed by atoms with van der Waals surface area (Å²) in [5, 5.41) is 4.31. The Kier molecular flexibility index (Phi) is 6.50. The Bertz CT molecular complexity index is 761. The van der Waals surface area contributed by atoms with Gasteiger partial charge >= 0.3 is 5.97 Å². The lowest BCUT2D eigenvalue weighted by atomic mass is 9.74. The standard InChI is InChI=1S/C22H30N2O4/c1-4-27-21(26)22(10-7-11-24(15-22)14-17(3)25)13-18-12-20(23-28-18)19-9-6-5-8-16(19)2/h5-6,8-9,18H,4,7,10-15H2,1-3H3/t18-,22-/m1/s1. The molecule has 6 heteroatoms. The number of ketones is 1. The van der Waals surface area contributed by atoms with Crippen LogP contribution in [0.3, 0.4) is 0 Å². The Morgan fingerprint density at radius 3 is 2.86 bits per heavy atom. The summed E-state index contributed by atoms with van der Waals surface area (Å²) in [6, 6.07) is 8.12. The van der Waals surface area contributed by atoms with E-state index in [0.29, 0.717) is 32.5 Å². The number of piperidine rings is 1. The number of likely N-dealkylation sites (tertiary alicyclic amines) is 1. The van der Waals surface area contributed by atoms with Crippen LogP contribution in [0.5, 0.6) is 0 Å². The molecule has 0 unspecified atom stereocenters. The van der Waals surface area contributed by atoms with Crippen LogP contribution >= 0.6 is 0 Å². The minimum Gasteiger partial charge on any atom is -0.466 e. The SMILES string of the molecule is CCOC(=O)[C@@]1(C[C@H]2CC(c3ccccc3C)=NO2)CCCN(CC(C)=O)C1. The molecule has 2 aliphatic heterocycles. The van der Waals surface area contributed by atoms with Gasteiger partial charge in [-0.2, -0.15) is 0 Å². The predicted octanol–water partition coefficient (Wildman–Crippen LogP) is 3.11. The van der Waals surface area contributed by atoms with E-state index in [-0.39, 0.29) is 17.9 Å². The number of carbonyl (C=O) groups excluding carboxylic acids is 2. The number of Topliss-reactive ketones (excluding diaryl/α,β-unsaturated/α-hetero) is 1. The molecule has 0 amide bonds. The molecule has 0 saturated carbocycles. The maximum absolute atomic E-state index is 12.9. The summed E-state index contributed by atoms with van der Waals surface area (Å²) in [5.41, 5.74) is 2.54. The Balaban J connectivity index is 1.73. The number of benzene rings is 1. The maximum atomic E-state index is 12.9. The zero-order valence-electron chi connectivity index (χ0n) is 17.1. The van der Waals surface area contributed by atoms with Crippen molar-refractivity contribution in [3.63, 3.8) is 0 Å². The molecule has 0 bridgehead atoms. The Morgan fingerprint density at radius 2 is 2.14 bits per heavy atom. The van der Waals surface area contributed by atoms with Crippen molar-refractivity contribution in [1.82, 2.24) is 4.90 Å². The lowest BCUT2D eigenvalue weighted by molar-refractivity contribution is -0.162. The van der Waals surface area contributed by atoms with Crippen LogP contribution in [0.2, 0.25) is 0 Å². The van der Waals surface area contributed by atoms with E-state index in [2.05, 4.69) is 29.1 Å². The van der Waals surface area contributed by atoms with Gasteiger partial charge in [-0.3, -0.25) is 14.5 Å². The zero-order valence-corrected chi connectivity index (χ0v) is 17.1. The van der Waals surface area contributed by atoms with Crippen molar-refractivity contribution in [2.75, 3.05) is 26.2 Å².